The second-order valence-electron chi connectivity index (χ2n) is 11.2. The first-order valence-corrected chi connectivity index (χ1v) is 16.1. The Labute approximate surface area is 294 Å². The molecule has 51 heavy (non-hydrogen) atoms. The summed E-state index contributed by atoms with van der Waals surface area (Å²) in [7, 11) is 0. The molecule has 0 amide bonds. The van der Waals surface area contributed by atoms with E-state index in [-0.39, 0.29) is 10.8 Å². The summed E-state index contributed by atoms with van der Waals surface area (Å²) in [4.78, 5) is 101. The molecule has 0 aromatic carbocycles. The fraction of sp³-hybridized carbons (Fsp3) is 0.667. The molecule has 3 rings (SSSR count). The monoisotopic (exact) mass is 746 g/mol. The summed E-state index contributed by atoms with van der Waals surface area (Å²) in [6, 6.07) is 0. The predicted octanol–water partition coefficient (Wildman–Crippen LogP) is 0.134. The lowest BCUT2D eigenvalue weighted by atomic mass is 9.93. The van der Waals surface area contributed by atoms with Crippen molar-refractivity contribution in [3.8, 4) is 0 Å². The molecule has 1 aromatic rings. The normalized spacial score (nSPS) is 28.6. The first-order valence-electron chi connectivity index (χ1n) is 15.3. The number of carbonyl (C=O) groups excluding carboxylic acids is 8. The van der Waals surface area contributed by atoms with Gasteiger partial charge in [0.25, 0.3) is 0 Å². The molecule has 2 aliphatic rings. The van der Waals surface area contributed by atoms with Crippen LogP contribution in [0.25, 0.3) is 0 Å². The quantitative estimate of drug-likeness (QED) is 0.203. The molecular weight excluding hydrogens is 708 g/mol. The zero-order valence-corrected chi connectivity index (χ0v) is 29.7. The maximum Gasteiger partial charge on any atom is 0.303 e. The molecule has 0 bridgehead atoms. The molecule has 0 N–H and O–H groups in total. The lowest BCUT2D eigenvalue weighted by Crippen LogP contribution is -2.60. The fourth-order valence-corrected chi connectivity index (χ4v) is 6.10. The second-order valence-corrected chi connectivity index (χ2v) is 12.0. The fourth-order valence-electron chi connectivity index (χ4n) is 5.34. The molecule has 0 spiro atoms. The summed E-state index contributed by atoms with van der Waals surface area (Å²) in [5.74, 6) is -6.72. The van der Waals surface area contributed by atoms with Crippen molar-refractivity contribution in [2.45, 2.75) is 116 Å². The van der Waals surface area contributed by atoms with Crippen molar-refractivity contribution in [1.29, 1.82) is 0 Å². The first kappa shape index (κ1) is 40.7. The van der Waals surface area contributed by atoms with Crippen molar-refractivity contribution in [2.75, 3.05) is 13.2 Å². The average Bonchev–Trinajstić information content (AvgIpc) is 3.47. The van der Waals surface area contributed by atoms with Gasteiger partial charge in [-0.15, -0.1) is 0 Å². The van der Waals surface area contributed by atoms with Crippen LogP contribution in [0.1, 0.15) is 78.4 Å². The molecule has 10 atom stereocenters. The standard InChI is InChI=1S/C30H38N2O18S/c1-11(33)41-9-19-21(43-13(3)35)23(45-15(5)37)25(47-17(7)39)27(49-19)29-31-30(51-32-29)28-26(48-18(8)40)24(46-16(6)38)22(44-14(4)36)20(50-28)10-42-12(2)34/h19-28H,9-10H2,1-8H3/t19-,20-,21+,22+,23+,24+,25-,26-,27-,28-/m1/s1. The highest BCUT2D eigenvalue weighted by atomic mass is 32.1. The largest absolute Gasteiger partial charge is 0.463 e. The highest BCUT2D eigenvalue weighted by Crippen LogP contribution is 2.41. The minimum atomic E-state index is -1.54. The van der Waals surface area contributed by atoms with Gasteiger partial charge in [0.05, 0.1) is 0 Å². The molecule has 2 aliphatic heterocycles. The van der Waals surface area contributed by atoms with Gasteiger partial charge in [-0.2, -0.15) is 4.37 Å². The summed E-state index contributed by atoms with van der Waals surface area (Å²) in [6.07, 6.45) is -14.4. The van der Waals surface area contributed by atoms with Gasteiger partial charge >= 0.3 is 47.8 Å². The molecule has 20 nitrogen and oxygen atoms in total. The summed E-state index contributed by atoms with van der Waals surface area (Å²) in [6.45, 7) is 7.63. The maximum atomic E-state index is 12.3. The average molecular weight is 747 g/mol. The molecule has 0 unspecified atom stereocenters. The zero-order valence-electron chi connectivity index (χ0n) is 28.8. The Morgan fingerprint density at radius 2 is 0.824 bits per heavy atom. The van der Waals surface area contributed by atoms with Crippen molar-refractivity contribution >= 4 is 59.3 Å². The Hall–Kier alpha value is -4.76. The Morgan fingerprint density at radius 1 is 0.490 bits per heavy atom. The molecule has 282 valence electrons. The van der Waals surface area contributed by atoms with Crippen LogP contribution < -0.4 is 0 Å². The van der Waals surface area contributed by atoms with E-state index >= 15 is 0 Å². The molecular formula is C30H38N2O18S. The summed E-state index contributed by atoms with van der Waals surface area (Å²) in [5.41, 5.74) is 0. The van der Waals surface area contributed by atoms with Crippen molar-refractivity contribution in [3.05, 3.63) is 10.8 Å². The van der Waals surface area contributed by atoms with Crippen LogP contribution in [-0.4, -0.2) is 119 Å². The van der Waals surface area contributed by atoms with Crippen LogP contribution in [0.4, 0.5) is 0 Å². The Bertz CT molecular complexity index is 1390. The van der Waals surface area contributed by atoms with Crippen molar-refractivity contribution in [3.63, 3.8) is 0 Å². The highest BCUT2D eigenvalue weighted by Gasteiger charge is 2.56. The van der Waals surface area contributed by atoms with Crippen LogP contribution in [0, 0.1) is 0 Å². The smallest absolute Gasteiger partial charge is 0.303 e. The number of aromatic nitrogens is 2. The van der Waals surface area contributed by atoms with Gasteiger partial charge in [0.2, 0.25) is 0 Å². The lowest BCUT2D eigenvalue weighted by Gasteiger charge is -2.44. The predicted molar refractivity (Wildman–Crippen MR) is 162 cm³/mol. The molecule has 1 aromatic heterocycles. The van der Waals surface area contributed by atoms with Gasteiger partial charge in [0.1, 0.15) is 30.4 Å². The lowest BCUT2D eigenvalue weighted by molar-refractivity contribution is -0.256. The van der Waals surface area contributed by atoms with E-state index in [2.05, 4.69) is 9.36 Å². The van der Waals surface area contributed by atoms with E-state index in [0.717, 1.165) is 55.4 Å². The molecule has 0 saturated carbocycles. The van der Waals surface area contributed by atoms with Gasteiger partial charge in [-0.25, -0.2) is 4.98 Å². The summed E-state index contributed by atoms with van der Waals surface area (Å²) >= 11 is 0.678. The number of nitrogens with zero attached hydrogens (tertiary/aromatic N) is 2. The number of hydrogen-bond acceptors (Lipinski definition) is 21. The van der Waals surface area contributed by atoms with Crippen LogP contribution in [0.3, 0.4) is 0 Å². The second kappa shape index (κ2) is 17.9. The molecule has 3 heterocycles. The van der Waals surface area contributed by atoms with E-state index in [9.17, 15) is 38.4 Å². The summed E-state index contributed by atoms with van der Waals surface area (Å²) < 4.78 is 59.5. The number of carbonyl (C=O) groups is 8. The van der Waals surface area contributed by atoms with E-state index in [1.54, 1.807) is 0 Å². The highest BCUT2D eigenvalue weighted by molar-refractivity contribution is 7.05. The van der Waals surface area contributed by atoms with E-state index < -0.39 is 122 Å². The van der Waals surface area contributed by atoms with E-state index in [0.29, 0.717) is 11.5 Å². The molecule has 0 radical (unpaired) electrons. The van der Waals surface area contributed by atoms with Crippen molar-refractivity contribution in [1.82, 2.24) is 9.36 Å². The Kier molecular flexibility index (Phi) is 14.3. The van der Waals surface area contributed by atoms with Gasteiger partial charge in [0, 0.05) is 55.4 Å². The molecule has 2 fully saturated rings. The third kappa shape index (κ3) is 11.4. The van der Waals surface area contributed by atoms with E-state index in [1.165, 1.54) is 0 Å². The summed E-state index contributed by atoms with van der Waals surface area (Å²) in [5, 5.41) is -0.0460. The maximum absolute atomic E-state index is 12.3. The van der Waals surface area contributed by atoms with E-state index in [4.69, 9.17) is 47.4 Å². The zero-order chi connectivity index (χ0) is 38.2. The van der Waals surface area contributed by atoms with Crippen LogP contribution in [0.5, 0.6) is 0 Å². The van der Waals surface area contributed by atoms with Gasteiger partial charge in [-0.3, -0.25) is 38.4 Å². The number of ether oxygens (including phenoxy) is 10. The van der Waals surface area contributed by atoms with Gasteiger partial charge < -0.3 is 47.4 Å². The minimum Gasteiger partial charge on any atom is -0.463 e. The van der Waals surface area contributed by atoms with Crippen molar-refractivity contribution < 1.29 is 85.7 Å². The number of esters is 8. The molecule has 21 heteroatoms. The third-order valence-electron chi connectivity index (χ3n) is 6.94. The minimum absolute atomic E-state index is 0.0460. The van der Waals surface area contributed by atoms with Crippen LogP contribution in [0.2, 0.25) is 0 Å². The van der Waals surface area contributed by atoms with Crippen LogP contribution in [-0.2, 0) is 85.7 Å². The van der Waals surface area contributed by atoms with Crippen LogP contribution >= 0.6 is 11.5 Å². The third-order valence-corrected chi connectivity index (χ3v) is 7.73. The van der Waals surface area contributed by atoms with E-state index in [1.807, 2.05) is 0 Å². The topological polar surface area (TPSA) is 255 Å². The van der Waals surface area contributed by atoms with Gasteiger partial charge in [-0.1, -0.05) is 0 Å². The van der Waals surface area contributed by atoms with Crippen molar-refractivity contribution in [2.24, 2.45) is 0 Å². The number of rotatable bonds is 12. The Balaban J connectivity index is 2.16. The number of hydrogen-bond donors (Lipinski definition) is 0. The molecule has 0 aliphatic carbocycles. The van der Waals surface area contributed by atoms with Gasteiger partial charge in [-0.05, 0) is 11.5 Å². The molecule has 2 saturated heterocycles. The SMILES string of the molecule is CC(=O)OC[C@H]1O[C@@H](c2nsc([C@@H]3O[C@H](COC(C)=O)[C@H](OC(C)=O)[C@H](OC(C)=O)[C@H]3OC(C)=O)n2)[C@H](OC(C)=O)[C@@H](OC(C)=O)[C@H]1OC(C)=O. The first-order chi connectivity index (χ1) is 23.9. The van der Waals surface area contributed by atoms with Gasteiger partial charge in [0.15, 0.2) is 54.7 Å². The van der Waals surface area contributed by atoms with Crippen LogP contribution in [0.15, 0.2) is 0 Å². The Morgan fingerprint density at radius 3 is 1.20 bits per heavy atom.